The van der Waals surface area contributed by atoms with E-state index in [0.717, 1.165) is 5.56 Å². The second kappa shape index (κ2) is 5.91. The van der Waals surface area contributed by atoms with Gasteiger partial charge in [-0.05, 0) is 15.6 Å². The summed E-state index contributed by atoms with van der Waals surface area (Å²) < 4.78 is 5.85. The maximum absolute atomic E-state index is 12.1. The second-order valence-electron chi connectivity index (χ2n) is 6.97. The molecule has 0 spiro atoms. The molecule has 0 aliphatic carbocycles. The zero-order valence-electron chi connectivity index (χ0n) is 12.9. The molecule has 2 nitrogen and oxygen atoms in total. The van der Waals surface area contributed by atoms with E-state index in [1.807, 2.05) is 30.3 Å². The smallest absolute Gasteiger partial charge is 0.296 e. The standard InChI is InChI=1S/C16H25O2Si/c1-15(2,3)19(16(4,5)6)18-14(17)12-13-10-8-7-9-11-13/h7-11H,12H2,1-6H3. The van der Waals surface area contributed by atoms with E-state index in [2.05, 4.69) is 41.5 Å². The van der Waals surface area contributed by atoms with Crippen LogP contribution in [-0.4, -0.2) is 15.0 Å². The summed E-state index contributed by atoms with van der Waals surface area (Å²) in [5.41, 5.74) is 1.01. The van der Waals surface area contributed by atoms with E-state index in [0.29, 0.717) is 6.42 Å². The van der Waals surface area contributed by atoms with Crippen LogP contribution in [0.15, 0.2) is 30.3 Å². The van der Waals surface area contributed by atoms with Gasteiger partial charge in [-0.2, -0.15) is 0 Å². The number of carbonyl (C=O) groups is 1. The van der Waals surface area contributed by atoms with Gasteiger partial charge < -0.3 is 4.43 Å². The molecular weight excluding hydrogens is 252 g/mol. The Balaban J connectivity index is 2.73. The molecule has 0 aromatic heterocycles. The first-order chi connectivity index (χ1) is 8.60. The fourth-order valence-electron chi connectivity index (χ4n) is 2.34. The molecule has 0 aliphatic rings. The molecule has 0 N–H and O–H groups in total. The Hall–Kier alpha value is -1.09. The molecule has 19 heavy (non-hydrogen) atoms. The minimum Gasteiger partial charge on any atom is -0.516 e. The predicted octanol–water partition coefficient (Wildman–Crippen LogP) is 4.36. The normalized spacial score (nSPS) is 12.6. The van der Waals surface area contributed by atoms with Crippen LogP contribution in [0.25, 0.3) is 0 Å². The van der Waals surface area contributed by atoms with E-state index in [1.54, 1.807) is 0 Å². The van der Waals surface area contributed by atoms with Gasteiger partial charge in [-0.15, -0.1) is 0 Å². The molecule has 0 atom stereocenters. The van der Waals surface area contributed by atoms with E-state index in [1.165, 1.54) is 0 Å². The fourth-order valence-corrected chi connectivity index (χ4v) is 5.51. The molecule has 0 saturated heterocycles. The third-order valence-electron chi connectivity index (χ3n) is 2.77. The second-order valence-corrected chi connectivity index (χ2v) is 10.8. The van der Waals surface area contributed by atoms with E-state index < -0.39 is 9.04 Å². The lowest BCUT2D eigenvalue weighted by Gasteiger charge is -2.36. The Morgan fingerprint density at radius 3 is 1.89 bits per heavy atom. The highest BCUT2D eigenvalue weighted by Gasteiger charge is 2.42. The molecule has 0 heterocycles. The van der Waals surface area contributed by atoms with Crippen LogP contribution < -0.4 is 0 Å². The lowest BCUT2D eigenvalue weighted by Crippen LogP contribution is -2.40. The average Bonchev–Trinajstić information content (AvgIpc) is 2.24. The van der Waals surface area contributed by atoms with Crippen LogP contribution in [0.3, 0.4) is 0 Å². The van der Waals surface area contributed by atoms with Crippen molar-refractivity contribution in [2.24, 2.45) is 0 Å². The van der Waals surface area contributed by atoms with Crippen molar-refractivity contribution in [3.8, 4) is 0 Å². The molecule has 0 amide bonds. The quantitative estimate of drug-likeness (QED) is 0.767. The van der Waals surface area contributed by atoms with Gasteiger partial charge in [-0.1, -0.05) is 71.9 Å². The number of carbonyl (C=O) groups excluding carboxylic acids is 1. The maximum Gasteiger partial charge on any atom is 0.296 e. The third-order valence-corrected chi connectivity index (χ3v) is 5.93. The van der Waals surface area contributed by atoms with E-state index in [4.69, 9.17) is 4.43 Å². The van der Waals surface area contributed by atoms with Gasteiger partial charge in [0.05, 0.1) is 6.42 Å². The number of rotatable bonds is 3. The first kappa shape index (κ1) is 16.0. The summed E-state index contributed by atoms with van der Waals surface area (Å²) in [6, 6.07) is 9.77. The van der Waals surface area contributed by atoms with Gasteiger partial charge >= 0.3 is 0 Å². The third kappa shape index (κ3) is 5.19. The van der Waals surface area contributed by atoms with Crippen molar-refractivity contribution in [2.45, 2.75) is 58.0 Å². The first-order valence-corrected chi connectivity index (χ1v) is 8.14. The van der Waals surface area contributed by atoms with Crippen LogP contribution in [-0.2, 0) is 15.6 Å². The maximum atomic E-state index is 12.1. The van der Waals surface area contributed by atoms with Crippen molar-refractivity contribution in [1.82, 2.24) is 0 Å². The zero-order valence-corrected chi connectivity index (χ0v) is 13.9. The lowest BCUT2D eigenvalue weighted by molar-refractivity contribution is -0.134. The molecule has 0 bridgehead atoms. The highest BCUT2D eigenvalue weighted by molar-refractivity contribution is 6.60. The van der Waals surface area contributed by atoms with Crippen LogP contribution in [0.4, 0.5) is 0 Å². The molecule has 1 rings (SSSR count). The van der Waals surface area contributed by atoms with Gasteiger partial charge in [0.2, 0.25) is 0 Å². The number of hydrogen-bond donors (Lipinski definition) is 0. The van der Waals surface area contributed by atoms with Gasteiger partial charge in [0.25, 0.3) is 15.0 Å². The molecule has 1 aromatic carbocycles. The van der Waals surface area contributed by atoms with Crippen molar-refractivity contribution >= 4 is 15.0 Å². The molecular formula is C16H25O2Si. The predicted molar refractivity (Wildman–Crippen MR) is 81.4 cm³/mol. The summed E-state index contributed by atoms with van der Waals surface area (Å²) in [6.07, 6.45) is 0.362. The zero-order chi connectivity index (χ0) is 14.7. The SMILES string of the molecule is CC(C)(C)[Si](OC(=O)Cc1ccccc1)C(C)(C)C. The minimum absolute atomic E-state index is 0.0370. The molecule has 0 aliphatic heterocycles. The van der Waals surface area contributed by atoms with Crippen molar-refractivity contribution in [2.75, 3.05) is 0 Å². The van der Waals surface area contributed by atoms with Crippen LogP contribution in [0.5, 0.6) is 0 Å². The molecule has 3 heteroatoms. The van der Waals surface area contributed by atoms with Crippen LogP contribution in [0, 0.1) is 0 Å². The lowest BCUT2D eigenvalue weighted by atomic mass is 10.2. The minimum atomic E-state index is -1.24. The van der Waals surface area contributed by atoms with Crippen LogP contribution >= 0.6 is 0 Å². The highest BCUT2D eigenvalue weighted by Crippen LogP contribution is 2.42. The molecule has 1 aromatic rings. The van der Waals surface area contributed by atoms with Crippen LogP contribution in [0.2, 0.25) is 10.1 Å². The molecule has 1 radical (unpaired) electrons. The topological polar surface area (TPSA) is 26.3 Å². The van der Waals surface area contributed by atoms with Crippen molar-refractivity contribution in [3.63, 3.8) is 0 Å². The Kier molecular flexibility index (Phi) is 4.96. The summed E-state index contributed by atoms with van der Waals surface area (Å²) in [4.78, 5) is 12.1. The Bertz CT molecular complexity index is 399. The van der Waals surface area contributed by atoms with Crippen molar-refractivity contribution < 1.29 is 9.22 Å². The molecule has 0 saturated carbocycles. The summed E-state index contributed by atoms with van der Waals surface area (Å²) in [5, 5.41) is 0.0739. The summed E-state index contributed by atoms with van der Waals surface area (Å²) in [7, 11) is -1.24. The van der Waals surface area contributed by atoms with Gasteiger partial charge in [0.1, 0.15) is 0 Å². The summed E-state index contributed by atoms with van der Waals surface area (Å²) in [5.74, 6) is -0.107. The Morgan fingerprint density at radius 2 is 1.47 bits per heavy atom. The molecule has 0 unspecified atom stereocenters. The monoisotopic (exact) mass is 277 g/mol. The summed E-state index contributed by atoms with van der Waals surface area (Å²) >= 11 is 0. The van der Waals surface area contributed by atoms with Crippen molar-refractivity contribution in [3.05, 3.63) is 35.9 Å². The Morgan fingerprint density at radius 1 is 1.00 bits per heavy atom. The largest absolute Gasteiger partial charge is 0.516 e. The van der Waals surface area contributed by atoms with Gasteiger partial charge in [0, 0.05) is 0 Å². The van der Waals surface area contributed by atoms with E-state index in [-0.39, 0.29) is 16.0 Å². The van der Waals surface area contributed by atoms with E-state index >= 15 is 0 Å². The van der Waals surface area contributed by atoms with Crippen LogP contribution in [0.1, 0.15) is 47.1 Å². The van der Waals surface area contributed by atoms with Crippen molar-refractivity contribution in [1.29, 1.82) is 0 Å². The highest BCUT2D eigenvalue weighted by atomic mass is 28.3. The summed E-state index contributed by atoms with van der Waals surface area (Å²) in [6.45, 7) is 12.9. The number of benzene rings is 1. The Labute approximate surface area is 118 Å². The van der Waals surface area contributed by atoms with Gasteiger partial charge in [-0.25, -0.2) is 0 Å². The molecule has 105 valence electrons. The van der Waals surface area contributed by atoms with E-state index in [9.17, 15) is 4.79 Å². The molecule has 0 fully saturated rings. The first-order valence-electron chi connectivity index (χ1n) is 6.73. The average molecular weight is 277 g/mol. The van der Waals surface area contributed by atoms with Gasteiger partial charge in [-0.3, -0.25) is 4.79 Å². The number of hydrogen-bond acceptors (Lipinski definition) is 2. The fraction of sp³-hybridized carbons (Fsp3) is 0.562. The van der Waals surface area contributed by atoms with Gasteiger partial charge in [0.15, 0.2) is 0 Å².